The summed E-state index contributed by atoms with van der Waals surface area (Å²) < 4.78 is 4.72. The first-order valence-electron chi connectivity index (χ1n) is 4.47. The average Bonchev–Trinajstić information content (AvgIpc) is 2.09. The molecular weight excluding hydrogens is 168 g/mol. The highest BCUT2D eigenvalue weighted by Crippen LogP contribution is 1.90. The first kappa shape index (κ1) is 12.0. The van der Waals surface area contributed by atoms with Crippen molar-refractivity contribution >= 4 is 5.97 Å². The van der Waals surface area contributed by atoms with Gasteiger partial charge in [-0.3, -0.25) is 4.79 Å². The van der Waals surface area contributed by atoms with Gasteiger partial charge in [0.2, 0.25) is 0 Å². The first-order valence-corrected chi connectivity index (χ1v) is 4.47. The van der Waals surface area contributed by atoms with E-state index in [0.717, 1.165) is 25.7 Å². The number of aliphatic hydroxyl groups is 1. The van der Waals surface area contributed by atoms with Gasteiger partial charge in [0.15, 0.2) is 0 Å². The Morgan fingerprint density at radius 3 is 2.46 bits per heavy atom. The van der Waals surface area contributed by atoms with Crippen molar-refractivity contribution in [2.45, 2.75) is 32.6 Å². The molecule has 0 spiro atoms. The number of hydrogen-bond donors (Lipinski definition) is 1. The molecule has 74 valence electrons. The molecule has 0 aliphatic rings. The van der Waals surface area contributed by atoms with Crippen molar-refractivity contribution in [2.75, 3.05) is 13.2 Å². The molecule has 0 aliphatic heterocycles. The molecule has 1 N–H and O–H groups in total. The van der Waals surface area contributed by atoms with Gasteiger partial charge in [0.05, 0.1) is 6.61 Å². The van der Waals surface area contributed by atoms with Crippen LogP contribution in [-0.2, 0) is 9.53 Å². The molecule has 0 unspecified atom stereocenters. The van der Waals surface area contributed by atoms with E-state index in [1.54, 1.807) is 0 Å². The Kier molecular flexibility index (Phi) is 8.38. The number of ether oxygens (including phenoxy) is 1. The lowest BCUT2D eigenvalue weighted by Crippen LogP contribution is -1.99. The molecule has 13 heavy (non-hydrogen) atoms. The monoisotopic (exact) mass is 184 g/mol. The van der Waals surface area contributed by atoms with Gasteiger partial charge in [-0.1, -0.05) is 0 Å². The van der Waals surface area contributed by atoms with Gasteiger partial charge in [0.25, 0.3) is 0 Å². The Morgan fingerprint density at radius 2 is 1.92 bits per heavy atom. The summed E-state index contributed by atoms with van der Waals surface area (Å²) in [6, 6.07) is 0. The summed E-state index contributed by atoms with van der Waals surface area (Å²) in [6.07, 6.45) is 3.01. The van der Waals surface area contributed by atoms with E-state index in [2.05, 4.69) is 11.8 Å². The fourth-order valence-electron chi connectivity index (χ4n) is 0.721. The summed E-state index contributed by atoms with van der Waals surface area (Å²) >= 11 is 0. The van der Waals surface area contributed by atoms with Crippen molar-refractivity contribution < 1.29 is 14.6 Å². The van der Waals surface area contributed by atoms with Crippen LogP contribution in [0.1, 0.15) is 32.6 Å². The predicted octanol–water partition coefficient (Wildman–Crippen LogP) is 1.11. The quantitative estimate of drug-likeness (QED) is 0.395. The lowest BCUT2D eigenvalue weighted by Gasteiger charge is -1.96. The van der Waals surface area contributed by atoms with Gasteiger partial charge in [-0.25, -0.2) is 0 Å². The smallest absolute Gasteiger partial charge is 0.302 e. The van der Waals surface area contributed by atoms with E-state index in [1.165, 1.54) is 6.92 Å². The molecule has 0 bridgehead atoms. The van der Waals surface area contributed by atoms with Crippen LogP contribution in [0.25, 0.3) is 0 Å². The molecule has 0 rings (SSSR count). The molecule has 0 aromatic carbocycles. The Hall–Kier alpha value is -1.01. The van der Waals surface area contributed by atoms with Crippen molar-refractivity contribution in [3.8, 4) is 11.8 Å². The highest BCUT2D eigenvalue weighted by Gasteiger charge is 1.89. The number of hydrogen-bond acceptors (Lipinski definition) is 3. The second-order valence-corrected chi connectivity index (χ2v) is 2.62. The normalized spacial score (nSPS) is 8.77. The molecule has 0 heterocycles. The lowest BCUT2D eigenvalue weighted by molar-refractivity contribution is -0.141. The standard InChI is InChI=1S/C10H16O3/c1-10(12)13-9-7-5-3-2-4-6-8-11/h11H,4-9H2,1H3. The van der Waals surface area contributed by atoms with Crippen LogP contribution in [0.4, 0.5) is 0 Å². The van der Waals surface area contributed by atoms with Crippen LogP contribution >= 0.6 is 0 Å². The minimum atomic E-state index is -0.242. The molecule has 0 aliphatic carbocycles. The largest absolute Gasteiger partial charge is 0.466 e. The summed E-state index contributed by atoms with van der Waals surface area (Å²) in [6.45, 7) is 2.04. The zero-order valence-electron chi connectivity index (χ0n) is 8.01. The highest BCUT2D eigenvalue weighted by atomic mass is 16.5. The van der Waals surface area contributed by atoms with E-state index in [9.17, 15) is 4.79 Å². The minimum absolute atomic E-state index is 0.197. The van der Waals surface area contributed by atoms with E-state index >= 15 is 0 Å². The van der Waals surface area contributed by atoms with Crippen molar-refractivity contribution in [1.29, 1.82) is 0 Å². The SMILES string of the molecule is CC(=O)OCCCC#CCCCO. The van der Waals surface area contributed by atoms with Gasteiger partial charge < -0.3 is 9.84 Å². The minimum Gasteiger partial charge on any atom is -0.466 e. The summed E-state index contributed by atoms with van der Waals surface area (Å²) in [5, 5.41) is 8.44. The van der Waals surface area contributed by atoms with E-state index in [0.29, 0.717) is 6.61 Å². The summed E-state index contributed by atoms with van der Waals surface area (Å²) in [4.78, 5) is 10.3. The third-order valence-electron chi connectivity index (χ3n) is 1.34. The Morgan fingerprint density at radius 1 is 1.31 bits per heavy atom. The van der Waals surface area contributed by atoms with E-state index in [4.69, 9.17) is 9.84 Å². The van der Waals surface area contributed by atoms with E-state index in [-0.39, 0.29) is 12.6 Å². The Labute approximate surface area is 79.1 Å². The third kappa shape index (κ3) is 11.0. The van der Waals surface area contributed by atoms with Gasteiger partial charge in [-0.05, 0) is 12.8 Å². The van der Waals surface area contributed by atoms with Crippen molar-refractivity contribution in [1.82, 2.24) is 0 Å². The number of carbonyl (C=O) groups is 1. The fraction of sp³-hybridized carbons (Fsp3) is 0.700. The van der Waals surface area contributed by atoms with Crippen LogP contribution in [0.5, 0.6) is 0 Å². The second kappa shape index (κ2) is 9.08. The van der Waals surface area contributed by atoms with Gasteiger partial charge in [-0.2, -0.15) is 0 Å². The average molecular weight is 184 g/mol. The van der Waals surface area contributed by atoms with E-state index < -0.39 is 0 Å². The van der Waals surface area contributed by atoms with Crippen LogP contribution < -0.4 is 0 Å². The van der Waals surface area contributed by atoms with Gasteiger partial charge in [0, 0.05) is 26.4 Å². The molecule has 0 aromatic rings. The molecule has 0 fully saturated rings. The summed E-state index contributed by atoms with van der Waals surface area (Å²) in [7, 11) is 0. The molecule has 0 aromatic heterocycles. The summed E-state index contributed by atoms with van der Waals surface area (Å²) in [5.41, 5.74) is 0. The number of aliphatic hydroxyl groups excluding tert-OH is 1. The second-order valence-electron chi connectivity index (χ2n) is 2.62. The molecule has 3 heteroatoms. The zero-order chi connectivity index (χ0) is 9.94. The lowest BCUT2D eigenvalue weighted by atomic mass is 10.3. The van der Waals surface area contributed by atoms with Crippen LogP contribution in [-0.4, -0.2) is 24.3 Å². The molecule has 0 atom stereocenters. The topological polar surface area (TPSA) is 46.5 Å². The first-order chi connectivity index (χ1) is 6.27. The maximum Gasteiger partial charge on any atom is 0.302 e. The number of esters is 1. The Bertz CT molecular complexity index is 188. The maximum absolute atomic E-state index is 10.3. The molecule has 0 saturated heterocycles. The zero-order valence-corrected chi connectivity index (χ0v) is 8.01. The van der Waals surface area contributed by atoms with Gasteiger partial charge >= 0.3 is 5.97 Å². The number of unbranched alkanes of at least 4 members (excludes halogenated alkanes) is 2. The molecule has 0 saturated carbocycles. The molecular formula is C10H16O3. The van der Waals surface area contributed by atoms with E-state index in [1.807, 2.05) is 0 Å². The highest BCUT2D eigenvalue weighted by molar-refractivity contribution is 5.65. The molecule has 3 nitrogen and oxygen atoms in total. The third-order valence-corrected chi connectivity index (χ3v) is 1.34. The fourth-order valence-corrected chi connectivity index (χ4v) is 0.721. The summed E-state index contributed by atoms with van der Waals surface area (Å²) in [5.74, 6) is 5.62. The van der Waals surface area contributed by atoms with Crippen LogP contribution in [0.15, 0.2) is 0 Å². The van der Waals surface area contributed by atoms with Crippen molar-refractivity contribution in [3.63, 3.8) is 0 Å². The van der Waals surface area contributed by atoms with Crippen molar-refractivity contribution in [3.05, 3.63) is 0 Å². The maximum atomic E-state index is 10.3. The molecule has 0 amide bonds. The van der Waals surface area contributed by atoms with Crippen LogP contribution in [0, 0.1) is 11.8 Å². The predicted molar refractivity (Wildman–Crippen MR) is 50.0 cm³/mol. The van der Waals surface area contributed by atoms with Crippen LogP contribution in [0.3, 0.4) is 0 Å². The van der Waals surface area contributed by atoms with Crippen molar-refractivity contribution in [2.24, 2.45) is 0 Å². The van der Waals surface area contributed by atoms with Gasteiger partial charge in [0.1, 0.15) is 0 Å². The number of rotatable bonds is 5. The Balaban J connectivity index is 3.13. The number of carbonyl (C=O) groups excluding carboxylic acids is 1. The molecule has 0 radical (unpaired) electrons. The van der Waals surface area contributed by atoms with Gasteiger partial charge in [-0.15, -0.1) is 11.8 Å². The van der Waals surface area contributed by atoms with Crippen LogP contribution in [0.2, 0.25) is 0 Å².